The first-order chi connectivity index (χ1) is 12.0. The van der Waals surface area contributed by atoms with Crippen LogP contribution in [0.5, 0.6) is 0 Å². The van der Waals surface area contributed by atoms with E-state index in [4.69, 9.17) is 27.5 Å². The Labute approximate surface area is 152 Å². The summed E-state index contributed by atoms with van der Waals surface area (Å²) in [6.07, 6.45) is 2.42. The summed E-state index contributed by atoms with van der Waals surface area (Å²) < 4.78 is 5.39. The van der Waals surface area contributed by atoms with Gasteiger partial charge in [0.1, 0.15) is 0 Å². The van der Waals surface area contributed by atoms with Gasteiger partial charge in [-0.2, -0.15) is 0 Å². The van der Waals surface area contributed by atoms with Gasteiger partial charge in [0.2, 0.25) is 0 Å². The molecule has 0 bridgehead atoms. The van der Waals surface area contributed by atoms with Gasteiger partial charge in [0.15, 0.2) is 6.29 Å². The molecule has 3 amide bonds. The largest absolute Gasteiger partial charge is 0.352 e. The lowest BCUT2D eigenvalue weighted by Gasteiger charge is -2.22. The highest BCUT2D eigenvalue weighted by Gasteiger charge is 2.17. The molecule has 2 rings (SSSR count). The van der Waals surface area contributed by atoms with Crippen LogP contribution in [0.1, 0.15) is 42.1 Å². The number of hydrogen-bond acceptors (Lipinski definition) is 5. The third kappa shape index (κ3) is 6.08. The molecule has 0 aliphatic carbocycles. The predicted molar refractivity (Wildman–Crippen MR) is 97.0 cm³/mol. The van der Waals surface area contributed by atoms with Gasteiger partial charge in [-0.15, -0.1) is 0 Å². The summed E-state index contributed by atoms with van der Waals surface area (Å²) in [6.45, 7) is 2.91. The molecule has 4 N–H and O–H groups in total. The summed E-state index contributed by atoms with van der Waals surface area (Å²) in [4.78, 5) is 28.8. The van der Waals surface area contributed by atoms with Crippen molar-refractivity contribution in [2.75, 3.05) is 13.2 Å². The maximum absolute atomic E-state index is 12.1. The monoisotopic (exact) mass is 365 g/mol. The van der Waals surface area contributed by atoms with Crippen LogP contribution in [-0.2, 0) is 9.57 Å². The first-order valence-electron chi connectivity index (χ1n) is 8.22. The maximum Gasteiger partial charge on any atom is 0.312 e. The number of amides is 3. The van der Waals surface area contributed by atoms with E-state index in [0.29, 0.717) is 23.6 Å². The topological polar surface area (TPSA) is 103 Å². The number of nitrogens with one attached hydrogen (secondary N) is 2. The normalized spacial score (nSPS) is 18.2. The summed E-state index contributed by atoms with van der Waals surface area (Å²) in [5, 5.41) is 2.53. The van der Waals surface area contributed by atoms with Gasteiger partial charge in [-0.1, -0.05) is 31.3 Å². The molecule has 25 heavy (non-hydrogen) atoms. The van der Waals surface area contributed by atoms with Crippen LogP contribution < -0.4 is 16.5 Å². The fourth-order valence-electron chi connectivity index (χ4n) is 2.40. The molecule has 136 valence electrons. The van der Waals surface area contributed by atoms with Gasteiger partial charge in [0, 0.05) is 35.9 Å². The maximum atomic E-state index is 12.1. The zero-order chi connectivity index (χ0) is 18.2. The Bertz CT molecular complexity index is 615. The number of carbonyl (C=O) groups is 2. The average molecular weight is 365 g/mol. The van der Waals surface area contributed by atoms with Gasteiger partial charge in [0.05, 0.1) is 0 Å². The van der Waals surface area contributed by atoms with Crippen LogP contribution in [0.25, 0.3) is 0 Å². The number of hydroxylamine groups is 1. The zero-order valence-corrected chi connectivity index (χ0v) is 14.9. The van der Waals surface area contributed by atoms with Crippen molar-refractivity contribution in [1.29, 1.82) is 0 Å². The van der Waals surface area contributed by atoms with Crippen molar-refractivity contribution in [2.24, 2.45) is 11.7 Å². The molecular formula is C17H23N3O4S. The second-order valence-corrected chi connectivity index (χ2v) is 6.37. The van der Waals surface area contributed by atoms with Gasteiger partial charge >= 0.3 is 6.03 Å². The number of carbonyl (C=O) groups excluding carboxylic acids is 2. The first kappa shape index (κ1) is 19.3. The van der Waals surface area contributed by atoms with Crippen LogP contribution in [-0.4, -0.2) is 36.2 Å². The molecule has 2 atom stereocenters. The highest BCUT2D eigenvalue weighted by molar-refractivity contribution is 7.80. The Morgan fingerprint density at radius 2 is 2.00 bits per heavy atom. The molecule has 1 heterocycles. The van der Waals surface area contributed by atoms with Crippen LogP contribution in [0.4, 0.5) is 4.79 Å². The van der Waals surface area contributed by atoms with Crippen molar-refractivity contribution in [1.82, 2.24) is 10.8 Å². The number of ether oxygens (including phenoxy) is 1. The molecule has 1 aromatic carbocycles. The number of urea groups is 1. The Kier molecular flexibility index (Phi) is 7.30. The van der Waals surface area contributed by atoms with Crippen LogP contribution >= 0.6 is 12.2 Å². The summed E-state index contributed by atoms with van der Waals surface area (Å²) >= 11 is 5.41. The Morgan fingerprint density at radius 1 is 1.32 bits per heavy atom. The van der Waals surface area contributed by atoms with Crippen molar-refractivity contribution in [2.45, 2.75) is 32.5 Å². The molecule has 0 aromatic heterocycles. The van der Waals surface area contributed by atoms with Crippen molar-refractivity contribution in [3.63, 3.8) is 0 Å². The molecule has 0 radical (unpaired) electrons. The standard InChI is InChI=1S/C17H23N3O4S/c1-11(10-19-17(18)22)15(25)12-5-7-13(8-6-12)16(21)20-24-14-4-2-3-9-23-14/h5-8,11,14H,2-4,9-10H2,1H3,(H,20,21)(H3,18,19,22)/t11-,14?/m1/s1. The molecule has 1 aromatic rings. The number of benzene rings is 1. The quantitative estimate of drug-likeness (QED) is 0.389. The molecule has 1 unspecified atom stereocenters. The summed E-state index contributed by atoms with van der Waals surface area (Å²) in [5.74, 6) is -0.385. The van der Waals surface area contributed by atoms with E-state index >= 15 is 0 Å². The molecule has 7 nitrogen and oxygen atoms in total. The SMILES string of the molecule is C[C@H](CNC(N)=O)C(=S)c1ccc(C(=O)NOC2CCCCO2)cc1. The molecule has 8 heteroatoms. The van der Waals surface area contributed by atoms with E-state index in [9.17, 15) is 9.59 Å². The number of hydrogen-bond donors (Lipinski definition) is 3. The number of rotatable bonds is 7. The second-order valence-electron chi connectivity index (χ2n) is 5.93. The van der Waals surface area contributed by atoms with E-state index in [1.807, 2.05) is 6.92 Å². The minimum atomic E-state index is -0.580. The zero-order valence-electron chi connectivity index (χ0n) is 14.1. The Hall–Kier alpha value is -2.03. The highest BCUT2D eigenvalue weighted by atomic mass is 32.1. The van der Waals surface area contributed by atoms with Gasteiger partial charge in [0.25, 0.3) is 5.91 Å². The van der Waals surface area contributed by atoms with E-state index in [-0.39, 0.29) is 18.1 Å². The van der Waals surface area contributed by atoms with Crippen molar-refractivity contribution < 1.29 is 19.2 Å². The van der Waals surface area contributed by atoms with Crippen molar-refractivity contribution in [3.8, 4) is 0 Å². The minimum Gasteiger partial charge on any atom is -0.352 e. The minimum absolute atomic E-state index is 0.0473. The van der Waals surface area contributed by atoms with Crippen LogP contribution in [0.2, 0.25) is 0 Å². The highest BCUT2D eigenvalue weighted by Crippen LogP contribution is 2.14. The fraction of sp³-hybridized carbons (Fsp3) is 0.471. The fourth-order valence-corrected chi connectivity index (χ4v) is 2.62. The average Bonchev–Trinajstić information content (AvgIpc) is 2.64. The van der Waals surface area contributed by atoms with E-state index in [1.54, 1.807) is 24.3 Å². The van der Waals surface area contributed by atoms with Gasteiger partial charge in [-0.3, -0.25) is 4.79 Å². The number of primary amides is 1. The molecule has 1 aliphatic heterocycles. The van der Waals surface area contributed by atoms with Crippen LogP contribution in [0.15, 0.2) is 24.3 Å². The summed E-state index contributed by atoms with van der Waals surface area (Å²) in [6, 6.07) is 6.32. The van der Waals surface area contributed by atoms with E-state index in [1.165, 1.54) is 0 Å². The lowest BCUT2D eigenvalue weighted by Crippen LogP contribution is -2.35. The third-order valence-corrected chi connectivity index (χ3v) is 4.52. The summed E-state index contributed by atoms with van der Waals surface area (Å²) in [7, 11) is 0. The molecule has 1 fully saturated rings. The second kappa shape index (κ2) is 9.45. The van der Waals surface area contributed by atoms with Crippen LogP contribution in [0, 0.1) is 5.92 Å². The Morgan fingerprint density at radius 3 is 2.60 bits per heavy atom. The summed E-state index contributed by atoms with van der Waals surface area (Å²) in [5.41, 5.74) is 8.76. The smallest absolute Gasteiger partial charge is 0.312 e. The van der Waals surface area contributed by atoms with E-state index < -0.39 is 6.03 Å². The lowest BCUT2D eigenvalue weighted by molar-refractivity contribution is -0.186. The lowest BCUT2D eigenvalue weighted by atomic mass is 9.99. The van der Waals surface area contributed by atoms with E-state index in [0.717, 1.165) is 24.8 Å². The van der Waals surface area contributed by atoms with Crippen molar-refractivity contribution in [3.05, 3.63) is 35.4 Å². The molecule has 1 saturated heterocycles. The number of nitrogens with two attached hydrogens (primary N) is 1. The third-order valence-electron chi connectivity index (χ3n) is 3.88. The molecule has 0 saturated carbocycles. The van der Waals surface area contributed by atoms with E-state index in [2.05, 4.69) is 10.8 Å². The van der Waals surface area contributed by atoms with Gasteiger partial charge < -0.3 is 15.8 Å². The van der Waals surface area contributed by atoms with Crippen LogP contribution in [0.3, 0.4) is 0 Å². The van der Waals surface area contributed by atoms with Crippen molar-refractivity contribution >= 4 is 29.0 Å². The first-order valence-corrected chi connectivity index (χ1v) is 8.63. The molecule has 1 aliphatic rings. The van der Waals surface area contributed by atoms with Gasteiger partial charge in [-0.05, 0) is 30.5 Å². The Balaban J connectivity index is 1.86. The van der Waals surface area contributed by atoms with Gasteiger partial charge in [-0.25, -0.2) is 15.1 Å². The molecule has 0 spiro atoms. The number of thiocarbonyl (C=S) groups is 1. The molecular weight excluding hydrogens is 342 g/mol. The predicted octanol–water partition coefficient (Wildman–Crippen LogP) is 1.90.